The zero-order chi connectivity index (χ0) is 9.31. The van der Waals surface area contributed by atoms with Gasteiger partial charge in [0.2, 0.25) is 0 Å². The lowest BCUT2D eigenvalue weighted by Gasteiger charge is -2.45. The first-order valence-corrected chi connectivity index (χ1v) is 5.59. The normalized spacial score (nSPS) is 46.6. The second-order valence-corrected chi connectivity index (χ2v) is 4.98. The maximum Gasteiger partial charge on any atom is 0.119 e. The Bertz CT molecular complexity index is 163. The van der Waals surface area contributed by atoms with Gasteiger partial charge in [-0.2, -0.15) is 0 Å². The predicted octanol–water partition coefficient (Wildman–Crippen LogP) is 2.15. The van der Waals surface area contributed by atoms with Gasteiger partial charge in [0, 0.05) is 0 Å². The molecule has 1 aliphatic carbocycles. The van der Waals surface area contributed by atoms with Crippen LogP contribution in [0.2, 0.25) is 0 Å². The second-order valence-electron chi connectivity index (χ2n) is 4.98. The molecule has 2 heteroatoms. The summed E-state index contributed by atoms with van der Waals surface area (Å²) in [4.78, 5) is 0. The summed E-state index contributed by atoms with van der Waals surface area (Å²) >= 11 is 0. The Kier molecular flexibility index (Phi) is 2.61. The van der Waals surface area contributed by atoms with E-state index >= 15 is 0 Å². The molecule has 2 rings (SSSR count). The van der Waals surface area contributed by atoms with Crippen LogP contribution in [-0.2, 0) is 4.74 Å². The van der Waals surface area contributed by atoms with E-state index in [0.29, 0.717) is 0 Å². The van der Waals surface area contributed by atoms with Crippen LogP contribution in [-0.4, -0.2) is 18.9 Å². The molecule has 1 saturated heterocycles. The molecule has 1 spiro atoms. The Morgan fingerprint density at radius 1 is 1.23 bits per heavy atom. The van der Waals surface area contributed by atoms with E-state index in [-0.39, 0.29) is 5.72 Å². The number of nitrogens with one attached hydrogen (secondary N) is 1. The van der Waals surface area contributed by atoms with E-state index in [1.54, 1.807) is 0 Å². The molecule has 0 bridgehead atoms. The van der Waals surface area contributed by atoms with Crippen LogP contribution in [0.1, 0.15) is 39.5 Å². The molecule has 2 fully saturated rings. The van der Waals surface area contributed by atoms with Gasteiger partial charge in [0.25, 0.3) is 0 Å². The lowest BCUT2D eigenvalue weighted by atomic mass is 9.77. The first-order chi connectivity index (χ1) is 6.20. The zero-order valence-corrected chi connectivity index (χ0v) is 8.81. The van der Waals surface area contributed by atoms with Gasteiger partial charge in [-0.15, -0.1) is 0 Å². The topological polar surface area (TPSA) is 21.3 Å². The van der Waals surface area contributed by atoms with Gasteiger partial charge in [0.15, 0.2) is 0 Å². The Morgan fingerprint density at radius 3 is 2.46 bits per heavy atom. The molecule has 2 atom stereocenters. The van der Waals surface area contributed by atoms with E-state index < -0.39 is 0 Å². The van der Waals surface area contributed by atoms with Crippen molar-refractivity contribution in [2.24, 2.45) is 11.8 Å². The van der Waals surface area contributed by atoms with Crippen molar-refractivity contribution in [1.82, 2.24) is 5.32 Å². The maximum atomic E-state index is 5.94. The Hall–Kier alpha value is -0.0800. The van der Waals surface area contributed by atoms with E-state index in [4.69, 9.17) is 4.74 Å². The van der Waals surface area contributed by atoms with Crippen LogP contribution in [0.25, 0.3) is 0 Å². The highest BCUT2D eigenvalue weighted by molar-refractivity contribution is 4.89. The molecule has 1 saturated carbocycles. The van der Waals surface area contributed by atoms with Gasteiger partial charge >= 0.3 is 0 Å². The summed E-state index contributed by atoms with van der Waals surface area (Å²) in [6, 6.07) is 0. The van der Waals surface area contributed by atoms with Gasteiger partial charge in [0.1, 0.15) is 5.72 Å². The average Bonchev–Trinajstić information content (AvgIpc) is 2.02. The number of hydrogen-bond donors (Lipinski definition) is 1. The van der Waals surface area contributed by atoms with E-state index in [1.165, 1.54) is 25.7 Å². The summed E-state index contributed by atoms with van der Waals surface area (Å²) in [5, 5.41) is 3.57. The average molecular weight is 183 g/mol. The zero-order valence-electron chi connectivity index (χ0n) is 8.81. The van der Waals surface area contributed by atoms with E-state index in [9.17, 15) is 0 Å². The van der Waals surface area contributed by atoms with E-state index in [0.717, 1.165) is 25.0 Å². The Morgan fingerprint density at radius 2 is 1.92 bits per heavy atom. The third-order valence-electron chi connectivity index (χ3n) is 3.31. The lowest BCUT2D eigenvalue weighted by molar-refractivity contribution is -0.135. The van der Waals surface area contributed by atoms with Gasteiger partial charge in [-0.1, -0.05) is 13.8 Å². The number of hydrogen-bond acceptors (Lipinski definition) is 2. The van der Waals surface area contributed by atoms with Crippen molar-refractivity contribution in [2.75, 3.05) is 13.2 Å². The highest BCUT2D eigenvalue weighted by Gasteiger charge is 2.39. The molecule has 76 valence electrons. The predicted molar refractivity (Wildman–Crippen MR) is 53.5 cm³/mol. The molecule has 0 amide bonds. The Labute approximate surface area is 81.0 Å². The summed E-state index contributed by atoms with van der Waals surface area (Å²) < 4.78 is 5.94. The second kappa shape index (κ2) is 3.58. The number of rotatable bonds is 0. The van der Waals surface area contributed by atoms with Crippen LogP contribution in [0.3, 0.4) is 0 Å². The minimum Gasteiger partial charge on any atom is -0.361 e. The van der Waals surface area contributed by atoms with Crippen molar-refractivity contribution in [3.8, 4) is 0 Å². The molecule has 0 radical (unpaired) electrons. The summed E-state index contributed by atoms with van der Waals surface area (Å²) in [7, 11) is 0. The summed E-state index contributed by atoms with van der Waals surface area (Å²) in [6.45, 7) is 6.78. The maximum absolute atomic E-state index is 5.94. The smallest absolute Gasteiger partial charge is 0.119 e. The minimum atomic E-state index is 0.0509. The fourth-order valence-corrected chi connectivity index (χ4v) is 3.03. The third kappa shape index (κ3) is 2.05. The van der Waals surface area contributed by atoms with Gasteiger partial charge < -0.3 is 4.74 Å². The SMILES string of the molecule is CC1CC(C)CC2(C1)NCCCO2. The van der Waals surface area contributed by atoms with Crippen LogP contribution in [0, 0.1) is 11.8 Å². The van der Waals surface area contributed by atoms with Crippen LogP contribution in [0.4, 0.5) is 0 Å². The van der Waals surface area contributed by atoms with Crippen LogP contribution in [0.5, 0.6) is 0 Å². The van der Waals surface area contributed by atoms with E-state index in [1.807, 2.05) is 0 Å². The fraction of sp³-hybridized carbons (Fsp3) is 1.00. The van der Waals surface area contributed by atoms with Crippen LogP contribution < -0.4 is 5.32 Å². The molecule has 13 heavy (non-hydrogen) atoms. The summed E-state index contributed by atoms with van der Waals surface area (Å²) in [5.41, 5.74) is 0.0509. The van der Waals surface area contributed by atoms with Gasteiger partial charge in [-0.25, -0.2) is 0 Å². The van der Waals surface area contributed by atoms with Crippen LogP contribution in [0.15, 0.2) is 0 Å². The molecule has 2 nitrogen and oxygen atoms in total. The van der Waals surface area contributed by atoms with Crippen molar-refractivity contribution in [1.29, 1.82) is 0 Å². The molecule has 2 unspecified atom stereocenters. The van der Waals surface area contributed by atoms with Crippen molar-refractivity contribution in [2.45, 2.75) is 45.3 Å². The molecule has 0 aromatic rings. The van der Waals surface area contributed by atoms with Gasteiger partial charge in [-0.05, 0) is 44.1 Å². The fourth-order valence-electron chi connectivity index (χ4n) is 3.03. The molecule has 1 aliphatic heterocycles. The quantitative estimate of drug-likeness (QED) is 0.621. The lowest BCUT2D eigenvalue weighted by Crippen LogP contribution is -2.55. The van der Waals surface area contributed by atoms with Crippen LogP contribution >= 0.6 is 0 Å². The molecular formula is C11H21NO. The molecule has 0 aromatic carbocycles. The molecular weight excluding hydrogens is 162 g/mol. The monoisotopic (exact) mass is 183 g/mol. The van der Waals surface area contributed by atoms with Gasteiger partial charge in [0.05, 0.1) is 6.61 Å². The Balaban J connectivity index is 2.02. The standard InChI is InChI=1S/C11H21NO/c1-9-6-10(2)8-11(7-9)12-4-3-5-13-11/h9-10,12H,3-8H2,1-2H3. The first-order valence-electron chi connectivity index (χ1n) is 5.59. The van der Waals surface area contributed by atoms with Crippen molar-refractivity contribution >= 4 is 0 Å². The van der Waals surface area contributed by atoms with Crippen molar-refractivity contribution in [3.63, 3.8) is 0 Å². The minimum absolute atomic E-state index is 0.0509. The largest absolute Gasteiger partial charge is 0.361 e. The molecule has 1 N–H and O–H groups in total. The summed E-state index contributed by atoms with van der Waals surface area (Å²) in [6.07, 6.45) is 4.95. The first kappa shape index (κ1) is 9.47. The van der Waals surface area contributed by atoms with E-state index in [2.05, 4.69) is 19.2 Å². The number of ether oxygens (including phenoxy) is 1. The highest BCUT2D eigenvalue weighted by Crippen LogP contribution is 2.37. The highest BCUT2D eigenvalue weighted by atomic mass is 16.5. The molecule has 0 aromatic heterocycles. The summed E-state index contributed by atoms with van der Waals surface area (Å²) in [5.74, 6) is 1.63. The van der Waals surface area contributed by atoms with Gasteiger partial charge in [-0.3, -0.25) is 5.32 Å². The molecule has 1 heterocycles. The molecule has 2 aliphatic rings. The van der Waals surface area contributed by atoms with Crippen molar-refractivity contribution in [3.05, 3.63) is 0 Å². The third-order valence-corrected chi connectivity index (χ3v) is 3.31. The van der Waals surface area contributed by atoms with Crippen molar-refractivity contribution < 1.29 is 4.74 Å².